The van der Waals surface area contributed by atoms with Crippen molar-refractivity contribution in [2.45, 2.75) is 4.90 Å². The Bertz CT molecular complexity index is 1420. The average Bonchev–Trinajstić information content (AvgIpc) is 3.45. The van der Waals surface area contributed by atoms with Crippen molar-refractivity contribution in [1.29, 1.82) is 5.26 Å². The van der Waals surface area contributed by atoms with Gasteiger partial charge in [-0.1, -0.05) is 11.6 Å². The molecule has 0 N–H and O–H groups in total. The summed E-state index contributed by atoms with van der Waals surface area (Å²) in [6, 6.07) is 20.6. The quantitative estimate of drug-likeness (QED) is 0.141. The van der Waals surface area contributed by atoms with Crippen molar-refractivity contribution >= 4 is 23.4 Å². The van der Waals surface area contributed by atoms with E-state index in [2.05, 4.69) is 6.07 Å². The van der Waals surface area contributed by atoms with Gasteiger partial charge >= 0.3 is 0 Å². The van der Waals surface area contributed by atoms with Crippen molar-refractivity contribution < 1.29 is 28.1 Å². The minimum absolute atomic E-state index is 0.349. The van der Waals surface area contributed by atoms with Crippen LogP contribution in [0.5, 0.6) is 28.7 Å². The van der Waals surface area contributed by atoms with Gasteiger partial charge in [-0.2, -0.15) is 5.26 Å². The van der Waals surface area contributed by atoms with Gasteiger partial charge in [-0.25, -0.2) is 0 Å². The molecule has 0 bridgehead atoms. The normalized spacial score (nSPS) is 10.5. The van der Waals surface area contributed by atoms with Crippen LogP contribution in [0.1, 0.15) is 5.56 Å². The van der Waals surface area contributed by atoms with E-state index in [9.17, 15) is 5.26 Å². The van der Waals surface area contributed by atoms with Crippen molar-refractivity contribution in [2.75, 3.05) is 40.8 Å². The summed E-state index contributed by atoms with van der Waals surface area (Å²) < 4.78 is 34.0. The van der Waals surface area contributed by atoms with Gasteiger partial charge in [0.25, 0.3) is 0 Å². The molecular formula is C29H26ClNO6S. The van der Waals surface area contributed by atoms with Crippen LogP contribution < -0.4 is 23.7 Å². The first-order valence-electron chi connectivity index (χ1n) is 11.5. The first-order chi connectivity index (χ1) is 18.5. The number of nitriles is 1. The van der Waals surface area contributed by atoms with Gasteiger partial charge in [0.2, 0.25) is 5.75 Å². The van der Waals surface area contributed by atoms with Crippen molar-refractivity contribution in [1.82, 2.24) is 0 Å². The molecule has 38 heavy (non-hydrogen) atoms. The number of hydrogen-bond acceptors (Lipinski definition) is 8. The van der Waals surface area contributed by atoms with Gasteiger partial charge in [0.15, 0.2) is 23.0 Å². The summed E-state index contributed by atoms with van der Waals surface area (Å²) in [5.74, 6) is 4.22. The van der Waals surface area contributed by atoms with Crippen LogP contribution in [0.25, 0.3) is 22.6 Å². The summed E-state index contributed by atoms with van der Waals surface area (Å²) in [7, 11) is 6.21. The van der Waals surface area contributed by atoms with Crippen LogP contribution in [0.2, 0.25) is 5.02 Å². The van der Waals surface area contributed by atoms with E-state index < -0.39 is 0 Å². The maximum Gasteiger partial charge on any atom is 0.203 e. The first-order valence-corrected chi connectivity index (χ1v) is 12.9. The van der Waals surface area contributed by atoms with Crippen LogP contribution in [0.3, 0.4) is 0 Å². The Hall–Kier alpha value is -3.93. The molecule has 1 aromatic heterocycles. The number of halogens is 1. The fourth-order valence-corrected chi connectivity index (χ4v) is 4.69. The Kier molecular flexibility index (Phi) is 8.95. The fourth-order valence-electron chi connectivity index (χ4n) is 3.83. The lowest BCUT2D eigenvalue weighted by Gasteiger charge is -2.14. The van der Waals surface area contributed by atoms with E-state index in [1.165, 1.54) is 0 Å². The zero-order chi connectivity index (χ0) is 27.1. The third kappa shape index (κ3) is 5.96. The first kappa shape index (κ1) is 27.1. The molecule has 0 saturated carbocycles. The zero-order valence-corrected chi connectivity index (χ0v) is 22.9. The maximum absolute atomic E-state index is 9.84. The van der Waals surface area contributed by atoms with E-state index in [1.54, 1.807) is 52.3 Å². The molecule has 0 aliphatic heterocycles. The Morgan fingerprint density at radius 2 is 1.32 bits per heavy atom. The number of furan rings is 1. The molecule has 4 rings (SSSR count). The summed E-state index contributed by atoms with van der Waals surface area (Å²) >= 11 is 7.58. The van der Waals surface area contributed by atoms with E-state index in [0.717, 1.165) is 10.5 Å². The molecule has 0 saturated heterocycles. The summed E-state index contributed by atoms with van der Waals surface area (Å²) in [6.07, 6.45) is 0. The number of hydrogen-bond donors (Lipinski definition) is 0. The minimum Gasteiger partial charge on any atom is -0.493 e. The highest BCUT2D eigenvalue weighted by molar-refractivity contribution is 7.99. The van der Waals surface area contributed by atoms with Gasteiger partial charge in [0, 0.05) is 26.8 Å². The van der Waals surface area contributed by atoms with Gasteiger partial charge in [0.05, 0.1) is 40.6 Å². The monoisotopic (exact) mass is 551 g/mol. The lowest BCUT2D eigenvalue weighted by atomic mass is 10.1. The summed E-state index contributed by atoms with van der Waals surface area (Å²) in [5.41, 5.74) is 1.78. The highest BCUT2D eigenvalue weighted by Gasteiger charge is 2.19. The van der Waals surface area contributed by atoms with Gasteiger partial charge in [-0.3, -0.25) is 0 Å². The van der Waals surface area contributed by atoms with E-state index in [0.29, 0.717) is 68.8 Å². The van der Waals surface area contributed by atoms with Crippen LogP contribution >= 0.6 is 23.4 Å². The molecule has 0 fully saturated rings. The number of ether oxygens (including phenoxy) is 5. The Balaban J connectivity index is 1.56. The number of thioether (sulfide) groups is 1. The fraction of sp³-hybridized carbons (Fsp3) is 0.207. The number of methoxy groups -OCH3 is 4. The van der Waals surface area contributed by atoms with Crippen LogP contribution in [0.15, 0.2) is 70.0 Å². The maximum atomic E-state index is 9.84. The number of nitrogens with zero attached hydrogens (tertiary/aromatic N) is 1. The Morgan fingerprint density at radius 1 is 0.763 bits per heavy atom. The highest BCUT2D eigenvalue weighted by Crippen LogP contribution is 2.43. The Labute approximate surface area is 230 Å². The molecule has 196 valence electrons. The van der Waals surface area contributed by atoms with Crippen molar-refractivity contribution in [3.05, 3.63) is 71.2 Å². The number of benzene rings is 3. The van der Waals surface area contributed by atoms with Crippen LogP contribution in [0, 0.1) is 11.3 Å². The molecule has 9 heteroatoms. The Morgan fingerprint density at radius 3 is 1.84 bits per heavy atom. The number of rotatable bonds is 11. The molecular weight excluding hydrogens is 526 g/mol. The minimum atomic E-state index is 0.349. The van der Waals surface area contributed by atoms with Gasteiger partial charge in [0.1, 0.15) is 17.6 Å². The average molecular weight is 552 g/mol. The molecule has 1 heterocycles. The zero-order valence-electron chi connectivity index (χ0n) is 21.4. The molecule has 0 amide bonds. The third-order valence-electron chi connectivity index (χ3n) is 5.65. The second-order valence-electron chi connectivity index (χ2n) is 7.90. The largest absolute Gasteiger partial charge is 0.493 e. The van der Waals surface area contributed by atoms with Crippen molar-refractivity contribution in [3.8, 4) is 57.5 Å². The van der Waals surface area contributed by atoms with Crippen molar-refractivity contribution in [3.63, 3.8) is 0 Å². The van der Waals surface area contributed by atoms with Crippen molar-refractivity contribution in [2.24, 2.45) is 0 Å². The summed E-state index contributed by atoms with van der Waals surface area (Å²) in [4.78, 5) is 1.08. The molecule has 0 unspecified atom stereocenters. The van der Waals surface area contributed by atoms with Crippen LogP contribution in [-0.2, 0) is 0 Å². The SMILES string of the molecule is COc1cc(-c2ccc(-c3cc(OC)c(OC)c(OC)c3)o2)cc(C#N)c1OCCSc1ccc(Cl)cc1. The van der Waals surface area contributed by atoms with Crippen LogP contribution in [0.4, 0.5) is 0 Å². The molecule has 0 radical (unpaired) electrons. The molecule has 0 aliphatic carbocycles. The lowest BCUT2D eigenvalue weighted by molar-refractivity contribution is 0.312. The van der Waals surface area contributed by atoms with Gasteiger partial charge in [-0.15, -0.1) is 11.8 Å². The molecule has 0 aliphatic rings. The molecule has 4 aromatic rings. The molecule has 0 atom stereocenters. The molecule has 3 aromatic carbocycles. The predicted molar refractivity (Wildman–Crippen MR) is 148 cm³/mol. The predicted octanol–water partition coefficient (Wildman–Crippen LogP) is 7.34. The standard InChI is InChI=1S/C29H26ClNO6S/c1-32-25-14-18(13-20(17-31)28(25)36-11-12-38-22-7-5-21(30)6-8-22)23-9-10-24(37-23)19-15-26(33-2)29(35-4)27(16-19)34-3/h5-10,13-16H,11-12H2,1-4H3. The highest BCUT2D eigenvalue weighted by atomic mass is 35.5. The third-order valence-corrected chi connectivity index (χ3v) is 6.88. The van der Waals surface area contributed by atoms with Gasteiger partial charge < -0.3 is 28.1 Å². The van der Waals surface area contributed by atoms with Gasteiger partial charge in [-0.05, 0) is 60.7 Å². The summed E-state index contributed by atoms with van der Waals surface area (Å²) in [5, 5.41) is 10.5. The lowest BCUT2D eigenvalue weighted by Crippen LogP contribution is -2.04. The smallest absolute Gasteiger partial charge is 0.203 e. The second kappa shape index (κ2) is 12.5. The second-order valence-corrected chi connectivity index (χ2v) is 9.50. The van der Waals surface area contributed by atoms with E-state index in [-0.39, 0.29) is 0 Å². The van der Waals surface area contributed by atoms with E-state index >= 15 is 0 Å². The topological polar surface area (TPSA) is 83.1 Å². The summed E-state index contributed by atoms with van der Waals surface area (Å²) in [6.45, 7) is 0.393. The molecule has 7 nitrogen and oxygen atoms in total. The van der Waals surface area contributed by atoms with E-state index in [1.807, 2.05) is 48.5 Å². The molecule has 0 spiro atoms. The van der Waals surface area contributed by atoms with Crippen LogP contribution in [-0.4, -0.2) is 40.8 Å². The van der Waals surface area contributed by atoms with E-state index in [4.69, 9.17) is 39.7 Å².